The van der Waals surface area contributed by atoms with Crippen LogP contribution in [0.4, 0.5) is 39.5 Å². The molecule has 0 aromatic carbocycles. The molecule has 0 bridgehead atoms. The van der Waals surface area contributed by atoms with E-state index >= 15 is 0 Å². The van der Waals surface area contributed by atoms with Gasteiger partial charge in [0.25, 0.3) is 0 Å². The molecule has 0 aliphatic carbocycles. The first-order valence-corrected chi connectivity index (χ1v) is 12.0. The van der Waals surface area contributed by atoms with Crippen LogP contribution in [0.5, 0.6) is 0 Å². The summed E-state index contributed by atoms with van der Waals surface area (Å²) in [6, 6.07) is 0.591. The van der Waals surface area contributed by atoms with Crippen molar-refractivity contribution in [3.63, 3.8) is 0 Å². The lowest BCUT2D eigenvalue weighted by Gasteiger charge is -2.33. The Bertz CT molecular complexity index is 972. The molecular formula is C23H30F9N3O8. The van der Waals surface area contributed by atoms with Gasteiger partial charge < -0.3 is 29.7 Å². The fourth-order valence-corrected chi connectivity index (χ4v) is 3.27. The molecule has 20 heteroatoms. The van der Waals surface area contributed by atoms with Crippen LogP contribution in [0.2, 0.25) is 0 Å². The number of carboxylic acid groups (broad SMARTS) is 3. The monoisotopic (exact) mass is 647 g/mol. The minimum absolute atomic E-state index is 0.591. The molecule has 1 aromatic rings. The number of fused-ring (bicyclic) bond motifs is 1. The van der Waals surface area contributed by atoms with Crippen LogP contribution < -0.4 is 0 Å². The average molecular weight is 647 g/mol. The second-order valence-electron chi connectivity index (χ2n) is 8.94. The fourth-order valence-electron chi connectivity index (χ4n) is 3.27. The Morgan fingerprint density at radius 3 is 1.84 bits per heavy atom. The van der Waals surface area contributed by atoms with Crippen LogP contribution in [0.15, 0.2) is 12.4 Å². The maximum Gasteiger partial charge on any atom is 0.490 e. The molecule has 248 valence electrons. The second kappa shape index (κ2) is 17.8. The summed E-state index contributed by atoms with van der Waals surface area (Å²) < 4.78 is 107. The summed E-state index contributed by atoms with van der Waals surface area (Å²) in [4.78, 5) is 35.8. The van der Waals surface area contributed by atoms with Gasteiger partial charge in [-0.2, -0.15) is 39.5 Å². The van der Waals surface area contributed by atoms with Gasteiger partial charge in [-0.3, -0.25) is 9.88 Å². The highest BCUT2D eigenvalue weighted by atomic mass is 19.4. The Morgan fingerprint density at radius 1 is 0.953 bits per heavy atom. The van der Waals surface area contributed by atoms with E-state index in [1.54, 1.807) is 0 Å². The Balaban J connectivity index is 0.000000690. The first kappa shape index (κ1) is 39.8. The lowest BCUT2D eigenvalue weighted by atomic mass is 9.96. The largest absolute Gasteiger partial charge is 0.490 e. The normalized spacial score (nSPS) is 16.9. The SMILES string of the molecule is CN(C)CCOCc1cncc2c1CCN(C1CCOC1)C2.O=C(O)C(F)(F)F.O=C(O)C(F)(F)F.O=C(O)C(F)(F)F. The van der Waals surface area contributed by atoms with Gasteiger partial charge in [0.15, 0.2) is 0 Å². The summed E-state index contributed by atoms with van der Waals surface area (Å²) in [6.45, 7) is 6.32. The van der Waals surface area contributed by atoms with Crippen molar-refractivity contribution in [3.8, 4) is 0 Å². The van der Waals surface area contributed by atoms with Gasteiger partial charge in [-0.05, 0) is 43.6 Å². The molecule has 3 rings (SSSR count). The first-order chi connectivity index (χ1) is 19.6. The third-order valence-corrected chi connectivity index (χ3v) is 5.35. The maximum absolute atomic E-state index is 10.6. The predicted molar refractivity (Wildman–Crippen MR) is 127 cm³/mol. The fraction of sp³-hybridized carbons (Fsp3) is 0.652. The third-order valence-electron chi connectivity index (χ3n) is 5.35. The summed E-state index contributed by atoms with van der Waals surface area (Å²) >= 11 is 0. The topological polar surface area (TPSA) is 150 Å². The summed E-state index contributed by atoms with van der Waals surface area (Å²) in [7, 11) is 4.13. The molecule has 11 nitrogen and oxygen atoms in total. The van der Waals surface area contributed by atoms with E-state index in [4.69, 9.17) is 39.2 Å². The van der Waals surface area contributed by atoms with Gasteiger partial charge in [0.2, 0.25) is 0 Å². The van der Waals surface area contributed by atoms with Crippen LogP contribution in [0.1, 0.15) is 23.1 Å². The van der Waals surface area contributed by atoms with E-state index in [0.717, 1.165) is 52.3 Å². The predicted octanol–water partition coefficient (Wildman–Crippen LogP) is 3.21. The molecule has 43 heavy (non-hydrogen) atoms. The molecule has 3 heterocycles. The molecule has 0 radical (unpaired) electrons. The van der Waals surface area contributed by atoms with Crippen LogP contribution in [-0.2, 0) is 43.4 Å². The minimum atomic E-state index is -5.08. The van der Waals surface area contributed by atoms with Crippen LogP contribution in [-0.4, -0.2) is 120 Å². The number of aliphatic carboxylic acids is 3. The van der Waals surface area contributed by atoms with E-state index in [0.29, 0.717) is 12.6 Å². The van der Waals surface area contributed by atoms with Gasteiger partial charge in [-0.25, -0.2) is 14.4 Å². The van der Waals surface area contributed by atoms with Gasteiger partial charge in [0.1, 0.15) is 0 Å². The number of halogens is 9. The van der Waals surface area contributed by atoms with Crippen molar-refractivity contribution in [2.45, 2.75) is 50.6 Å². The minimum Gasteiger partial charge on any atom is -0.475 e. The molecule has 1 saturated heterocycles. The van der Waals surface area contributed by atoms with Crippen molar-refractivity contribution < 1.29 is 78.7 Å². The average Bonchev–Trinajstić information content (AvgIpc) is 3.41. The van der Waals surface area contributed by atoms with Crippen LogP contribution >= 0.6 is 0 Å². The molecule has 0 amide bonds. The van der Waals surface area contributed by atoms with E-state index in [2.05, 4.69) is 28.9 Å². The lowest BCUT2D eigenvalue weighted by Crippen LogP contribution is -2.40. The maximum atomic E-state index is 10.6. The molecule has 2 aliphatic rings. The van der Waals surface area contributed by atoms with Gasteiger partial charge in [-0.15, -0.1) is 0 Å². The highest BCUT2D eigenvalue weighted by Gasteiger charge is 2.39. The van der Waals surface area contributed by atoms with Gasteiger partial charge in [0, 0.05) is 44.7 Å². The molecule has 1 unspecified atom stereocenters. The Morgan fingerprint density at radius 2 is 1.44 bits per heavy atom. The third kappa shape index (κ3) is 16.9. The highest BCUT2D eigenvalue weighted by molar-refractivity contribution is 5.73. The summed E-state index contributed by atoms with van der Waals surface area (Å²) in [5.41, 5.74) is 4.08. The van der Waals surface area contributed by atoms with Crippen LogP contribution in [0.3, 0.4) is 0 Å². The van der Waals surface area contributed by atoms with Crippen molar-refractivity contribution in [1.29, 1.82) is 0 Å². The van der Waals surface area contributed by atoms with Crippen molar-refractivity contribution >= 4 is 17.9 Å². The number of nitrogens with zero attached hydrogens (tertiary/aromatic N) is 3. The van der Waals surface area contributed by atoms with Gasteiger partial charge >= 0.3 is 36.4 Å². The molecular weight excluding hydrogens is 617 g/mol. The molecule has 0 saturated carbocycles. The Hall–Kier alpha value is -3.23. The first-order valence-electron chi connectivity index (χ1n) is 12.0. The molecule has 0 spiro atoms. The Labute approximate surface area is 238 Å². The van der Waals surface area contributed by atoms with E-state index in [-0.39, 0.29) is 0 Å². The number of rotatable bonds is 6. The summed E-state index contributed by atoms with van der Waals surface area (Å²) in [6.07, 6.45) is -8.99. The van der Waals surface area contributed by atoms with E-state index in [9.17, 15) is 39.5 Å². The summed E-state index contributed by atoms with van der Waals surface area (Å²) in [5, 5.41) is 21.4. The smallest absolute Gasteiger partial charge is 0.475 e. The number of carbonyl (C=O) groups is 3. The van der Waals surface area contributed by atoms with Crippen molar-refractivity contribution in [3.05, 3.63) is 29.1 Å². The number of pyridine rings is 1. The molecule has 1 aromatic heterocycles. The van der Waals surface area contributed by atoms with Crippen molar-refractivity contribution in [2.24, 2.45) is 0 Å². The van der Waals surface area contributed by atoms with Crippen molar-refractivity contribution in [2.75, 3.05) is 47.0 Å². The van der Waals surface area contributed by atoms with E-state index in [1.165, 1.54) is 16.7 Å². The highest BCUT2D eigenvalue weighted by Crippen LogP contribution is 2.25. The molecule has 2 aliphatic heterocycles. The van der Waals surface area contributed by atoms with Crippen LogP contribution in [0, 0.1) is 0 Å². The second-order valence-corrected chi connectivity index (χ2v) is 8.94. The number of carboxylic acids is 3. The number of alkyl halides is 9. The van der Waals surface area contributed by atoms with E-state index < -0.39 is 36.4 Å². The number of aromatic nitrogens is 1. The lowest BCUT2D eigenvalue weighted by molar-refractivity contribution is -0.193. The van der Waals surface area contributed by atoms with E-state index in [1.807, 2.05) is 12.4 Å². The number of hydrogen-bond donors (Lipinski definition) is 3. The van der Waals surface area contributed by atoms with Gasteiger partial charge in [-0.1, -0.05) is 0 Å². The number of likely N-dealkylation sites (N-methyl/N-ethyl adjacent to an activating group) is 1. The Kier molecular flexibility index (Phi) is 16.4. The number of hydrogen-bond acceptors (Lipinski definition) is 8. The zero-order valence-corrected chi connectivity index (χ0v) is 22.7. The van der Waals surface area contributed by atoms with Crippen LogP contribution in [0.25, 0.3) is 0 Å². The van der Waals surface area contributed by atoms with Crippen molar-refractivity contribution in [1.82, 2.24) is 14.8 Å². The number of ether oxygens (including phenoxy) is 2. The molecule has 1 fully saturated rings. The molecule has 1 atom stereocenters. The van der Waals surface area contributed by atoms with Gasteiger partial charge in [0.05, 0.1) is 19.8 Å². The molecule has 3 N–H and O–H groups in total. The zero-order valence-electron chi connectivity index (χ0n) is 22.7. The standard InChI is InChI=1S/C17H27N3O2.3C2HF3O2/c1-19(2)6-8-22-12-15-10-18-9-14-11-20(5-3-17(14)15)16-4-7-21-13-16;3*3-2(4,5)1(6)7/h9-10,16H,3-8,11-13H2,1-2H3;3*(H,6,7). The quantitative estimate of drug-likeness (QED) is 0.309. The summed E-state index contributed by atoms with van der Waals surface area (Å²) in [5.74, 6) is -8.27. The zero-order chi connectivity index (χ0) is 33.6.